The summed E-state index contributed by atoms with van der Waals surface area (Å²) < 4.78 is 31.3. The Bertz CT molecular complexity index is 2480. The number of alkyl halides is 2. The number of hydrogen-bond acceptors (Lipinski definition) is 7. The number of halogens is 2. The van der Waals surface area contributed by atoms with E-state index in [-0.39, 0.29) is 98.5 Å². The maximum atomic E-state index is 15.7. The molecular weight excluding hydrogens is 987 g/mol. The van der Waals surface area contributed by atoms with Gasteiger partial charge in [-0.3, -0.25) is 28.8 Å². The van der Waals surface area contributed by atoms with Gasteiger partial charge in [-0.25, -0.2) is 8.78 Å². The van der Waals surface area contributed by atoms with E-state index in [1.165, 1.54) is 0 Å². The first-order valence-corrected chi connectivity index (χ1v) is 29.3. The van der Waals surface area contributed by atoms with E-state index in [0.29, 0.717) is 43.5 Å². The van der Waals surface area contributed by atoms with E-state index in [1.54, 1.807) is 45.7 Å². The number of amides is 5. The summed E-state index contributed by atoms with van der Waals surface area (Å²) in [6.07, 6.45) is 8.86. The summed E-state index contributed by atoms with van der Waals surface area (Å²) in [5, 5.41) is 7.58. The first kappa shape index (κ1) is 58.1. The van der Waals surface area contributed by atoms with Crippen molar-refractivity contribution in [3.8, 4) is 0 Å². The van der Waals surface area contributed by atoms with Crippen LogP contribution in [0.5, 0.6) is 0 Å². The second-order valence-corrected chi connectivity index (χ2v) is 23.1. The van der Waals surface area contributed by atoms with Crippen molar-refractivity contribution in [2.45, 2.75) is 160 Å². The van der Waals surface area contributed by atoms with Crippen LogP contribution >= 0.6 is 0 Å². The van der Waals surface area contributed by atoms with Gasteiger partial charge in [0.1, 0.15) is 24.2 Å². The summed E-state index contributed by atoms with van der Waals surface area (Å²) in [6.45, 7) is 6.31. The summed E-state index contributed by atoms with van der Waals surface area (Å²) in [5.74, 6) is -2.04. The Kier molecular flexibility index (Phi) is 20.7. The molecule has 0 radical (unpaired) electrons. The number of Topliss-reactive ketones (excluding diaryl/α,β-unsaturated/α-hetero) is 1. The van der Waals surface area contributed by atoms with Crippen LogP contribution in [0.2, 0.25) is 0 Å². The van der Waals surface area contributed by atoms with Gasteiger partial charge in [-0.2, -0.15) is 0 Å². The molecule has 0 spiro atoms. The highest BCUT2D eigenvalue weighted by Gasteiger charge is 2.44. The van der Waals surface area contributed by atoms with Crippen LogP contribution in [0.1, 0.15) is 143 Å². The molecule has 5 amide bonds. The molecule has 0 bridgehead atoms. The molecule has 2 saturated carbocycles. The molecule has 14 heteroatoms. The third-order valence-electron chi connectivity index (χ3n) is 17.7. The van der Waals surface area contributed by atoms with Gasteiger partial charge in [0.2, 0.25) is 17.7 Å². The maximum Gasteiger partial charge on any atom is 0.253 e. The van der Waals surface area contributed by atoms with Crippen molar-refractivity contribution in [2.75, 3.05) is 46.3 Å². The van der Waals surface area contributed by atoms with Crippen molar-refractivity contribution < 1.29 is 37.5 Å². The van der Waals surface area contributed by atoms with Crippen LogP contribution in [0.15, 0.2) is 97.1 Å². The number of nitrogens with zero attached hydrogens (tertiary/aromatic N) is 4. The fourth-order valence-corrected chi connectivity index (χ4v) is 12.6. The Morgan fingerprint density at radius 1 is 0.615 bits per heavy atom. The highest BCUT2D eigenvalue weighted by atomic mass is 19.1. The molecule has 4 aromatic carbocycles. The molecule has 2 heterocycles. The van der Waals surface area contributed by atoms with Gasteiger partial charge in [0, 0.05) is 68.4 Å². The fraction of sp³-hybridized carbons (Fsp3) is 0.562. The first-order valence-electron chi connectivity index (χ1n) is 29.3. The second-order valence-electron chi connectivity index (χ2n) is 23.1. The average Bonchev–Trinajstić information content (AvgIpc) is 4.05. The van der Waals surface area contributed by atoms with Gasteiger partial charge in [0.05, 0.1) is 31.2 Å². The number of likely N-dealkylation sites (N-methyl/N-ethyl adjacent to an activating group) is 1. The van der Waals surface area contributed by atoms with Gasteiger partial charge < -0.3 is 30.2 Å². The molecule has 4 aliphatic rings. The standard InChI is InChI=1S/C64H84F2N6O6/c1-5-43(2)60(74)68-59(48-24-16-9-17-25-48)64(78)72-40-54(66)37-56(72)42-70(33-31-46-20-12-7-13-21-46)62(76)52-29-27-49-34-51(28-26-50(49)35-52)61(75)69(32-30-45-18-10-6-11-19-45)41-55-36-53(65)39-71(55)63(77)57(38-58(73)44(3)67-4)47-22-14-8-15-23-47/h6-7,10-13,18-21,26-29,34-35,43-44,47-48,53-57,59,67H,5,8-9,14-17,22-25,30-33,36-42H2,1-4H3,(H,68,74)/t43-,44+,53-,54-,55+,56+,57+,59+/m1/s1. The molecule has 8 rings (SSSR count). The van der Waals surface area contributed by atoms with E-state index >= 15 is 8.78 Å². The van der Waals surface area contributed by atoms with Crippen LogP contribution in [-0.4, -0.2) is 138 Å². The molecule has 8 atom stereocenters. The molecule has 420 valence electrons. The van der Waals surface area contributed by atoms with Crippen molar-refractivity contribution in [1.29, 1.82) is 0 Å². The number of benzene rings is 4. The van der Waals surface area contributed by atoms with E-state index in [4.69, 9.17) is 0 Å². The van der Waals surface area contributed by atoms with E-state index in [0.717, 1.165) is 86.1 Å². The maximum absolute atomic E-state index is 15.7. The van der Waals surface area contributed by atoms with Crippen molar-refractivity contribution in [1.82, 2.24) is 30.2 Å². The Hall–Kier alpha value is -6.02. The topological polar surface area (TPSA) is 139 Å². The smallest absolute Gasteiger partial charge is 0.253 e. The van der Waals surface area contributed by atoms with Crippen LogP contribution < -0.4 is 10.6 Å². The molecule has 78 heavy (non-hydrogen) atoms. The monoisotopic (exact) mass is 1070 g/mol. The third-order valence-corrected chi connectivity index (χ3v) is 17.7. The van der Waals surface area contributed by atoms with Gasteiger partial charge in [0.25, 0.3) is 11.8 Å². The Morgan fingerprint density at radius 2 is 1.08 bits per heavy atom. The molecule has 2 saturated heterocycles. The van der Waals surface area contributed by atoms with Crippen molar-refractivity contribution in [3.05, 3.63) is 119 Å². The fourth-order valence-electron chi connectivity index (χ4n) is 12.6. The summed E-state index contributed by atoms with van der Waals surface area (Å²) in [7, 11) is 1.73. The van der Waals surface area contributed by atoms with E-state index in [2.05, 4.69) is 10.6 Å². The molecule has 0 aromatic heterocycles. The van der Waals surface area contributed by atoms with Crippen LogP contribution in [0, 0.1) is 23.7 Å². The third kappa shape index (κ3) is 14.8. The minimum absolute atomic E-state index is 0.0364. The predicted octanol–water partition coefficient (Wildman–Crippen LogP) is 9.96. The lowest BCUT2D eigenvalue weighted by Gasteiger charge is -2.36. The van der Waals surface area contributed by atoms with E-state index < -0.39 is 42.4 Å². The van der Waals surface area contributed by atoms with Gasteiger partial charge >= 0.3 is 0 Å². The zero-order valence-electron chi connectivity index (χ0n) is 46.6. The lowest BCUT2D eigenvalue weighted by atomic mass is 9.76. The Morgan fingerprint density at radius 3 is 1.54 bits per heavy atom. The van der Waals surface area contributed by atoms with E-state index in [1.807, 2.05) is 98.8 Å². The minimum Gasteiger partial charge on any atom is -0.344 e. The van der Waals surface area contributed by atoms with Gasteiger partial charge in [-0.15, -0.1) is 0 Å². The molecule has 0 unspecified atom stereocenters. The van der Waals surface area contributed by atoms with E-state index in [9.17, 15) is 28.8 Å². The SMILES string of the molecule is CC[C@@H](C)C(=O)N[C@H](C(=O)N1C[C@H](F)C[C@H]1CN(CCc1ccccc1)C(=O)c1ccc2cc(C(=O)N(CCc3ccccc3)C[C@@H]3C[C@@H](F)CN3C(=O)[C@@H](CC(=O)[C@H](C)NC)C3CCCCC3)ccc2c1)C1CCCCC1. The van der Waals surface area contributed by atoms with Crippen LogP contribution in [0.3, 0.4) is 0 Å². The summed E-state index contributed by atoms with van der Waals surface area (Å²) in [5.41, 5.74) is 2.89. The minimum atomic E-state index is -1.28. The van der Waals surface area contributed by atoms with Crippen molar-refractivity contribution >= 4 is 46.1 Å². The number of fused-ring (bicyclic) bond motifs is 1. The number of ketones is 1. The Balaban J connectivity index is 1.03. The quantitative estimate of drug-likeness (QED) is 0.0754. The highest BCUT2D eigenvalue weighted by molar-refractivity contribution is 6.02. The molecule has 4 aromatic rings. The van der Waals surface area contributed by atoms with Crippen molar-refractivity contribution in [2.24, 2.45) is 23.7 Å². The normalized spacial score (nSPS) is 21.7. The van der Waals surface area contributed by atoms with Crippen LogP contribution in [-0.2, 0) is 32.0 Å². The summed E-state index contributed by atoms with van der Waals surface area (Å²) in [6, 6.07) is 28.1. The zero-order valence-corrected chi connectivity index (χ0v) is 46.6. The highest BCUT2D eigenvalue weighted by Crippen LogP contribution is 2.36. The summed E-state index contributed by atoms with van der Waals surface area (Å²) >= 11 is 0. The molecular formula is C64H84F2N6O6. The molecule has 2 aliphatic heterocycles. The second kappa shape index (κ2) is 27.7. The lowest BCUT2D eigenvalue weighted by Crippen LogP contribution is -2.56. The number of carbonyl (C=O) groups excluding carboxylic acids is 6. The molecule has 2 aliphatic carbocycles. The predicted molar refractivity (Wildman–Crippen MR) is 302 cm³/mol. The number of nitrogens with one attached hydrogen (secondary N) is 2. The largest absolute Gasteiger partial charge is 0.344 e. The van der Waals surface area contributed by atoms with Crippen LogP contribution in [0.4, 0.5) is 8.78 Å². The molecule has 4 fully saturated rings. The number of rotatable bonds is 23. The average molecular weight is 1070 g/mol. The lowest BCUT2D eigenvalue weighted by molar-refractivity contribution is -0.142. The number of hydrogen-bond donors (Lipinski definition) is 2. The molecule has 12 nitrogen and oxygen atoms in total. The molecule has 2 N–H and O–H groups in total. The number of likely N-dealkylation sites (tertiary alicyclic amines) is 2. The summed E-state index contributed by atoms with van der Waals surface area (Å²) in [4.78, 5) is 92.5. The first-order chi connectivity index (χ1) is 37.7. The zero-order chi connectivity index (χ0) is 55.3. The Labute approximate surface area is 461 Å². The van der Waals surface area contributed by atoms with Crippen molar-refractivity contribution in [3.63, 3.8) is 0 Å². The van der Waals surface area contributed by atoms with Gasteiger partial charge in [-0.1, -0.05) is 125 Å². The number of carbonyl (C=O) groups is 6. The van der Waals surface area contributed by atoms with Crippen LogP contribution in [0.25, 0.3) is 10.8 Å². The van der Waals surface area contributed by atoms with Gasteiger partial charge in [0.15, 0.2) is 0 Å². The van der Waals surface area contributed by atoms with Gasteiger partial charge in [-0.05, 0) is 117 Å².